The standard InChI is InChI=1S/C19H27ClN2O4S2/c1-28(24,25)22-11-9-18(26-17-8-7-14(20)13-16(17)22)19(23)21-10-12-27-15-5-3-2-4-6-15/h7-8,13,15,18H,2-6,9-12H2,1H3,(H,21,23)/t18-/m1/s1. The molecule has 1 amide bonds. The SMILES string of the molecule is CS(=O)(=O)N1CC[C@H](C(=O)NCCSC2CCCCC2)Oc2ccc(Cl)cc21. The van der Waals surface area contributed by atoms with Gasteiger partial charge >= 0.3 is 0 Å². The number of rotatable bonds is 6. The Morgan fingerprint density at radius 3 is 2.75 bits per heavy atom. The average molecular weight is 447 g/mol. The van der Waals surface area contributed by atoms with Crippen LogP contribution in [-0.2, 0) is 14.8 Å². The van der Waals surface area contributed by atoms with Crippen LogP contribution in [0.5, 0.6) is 5.75 Å². The molecule has 0 spiro atoms. The molecule has 0 radical (unpaired) electrons. The first-order valence-corrected chi connectivity index (χ1v) is 13.0. The summed E-state index contributed by atoms with van der Waals surface area (Å²) in [7, 11) is -3.50. The van der Waals surface area contributed by atoms with E-state index in [9.17, 15) is 13.2 Å². The number of anilines is 1. The number of hydrogen-bond acceptors (Lipinski definition) is 5. The molecule has 156 valence electrons. The number of fused-ring (bicyclic) bond motifs is 1. The van der Waals surface area contributed by atoms with Crippen molar-refractivity contribution >= 4 is 45.0 Å². The van der Waals surface area contributed by atoms with Crippen molar-refractivity contribution < 1.29 is 17.9 Å². The van der Waals surface area contributed by atoms with Crippen molar-refractivity contribution in [2.75, 3.05) is 29.4 Å². The first-order valence-electron chi connectivity index (χ1n) is 9.68. The van der Waals surface area contributed by atoms with Crippen LogP contribution in [0.3, 0.4) is 0 Å². The number of sulfonamides is 1. The third kappa shape index (κ3) is 5.70. The zero-order valence-corrected chi connectivity index (χ0v) is 18.4. The number of nitrogens with one attached hydrogen (secondary N) is 1. The summed E-state index contributed by atoms with van der Waals surface area (Å²) in [6, 6.07) is 4.79. The molecule has 1 heterocycles. The molecule has 0 aromatic heterocycles. The minimum Gasteiger partial charge on any atom is -0.478 e. The minimum atomic E-state index is -3.50. The molecular formula is C19H27ClN2O4S2. The second kappa shape index (κ2) is 9.59. The lowest BCUT2D eigenvalue weighted by atomic mass is 10.0. The van der Waals surface area contributed by atoms with Crippen LogP contribution in [0.15, 0.2) is 18.2 Å². The summed E-state index contributed by atoms with van der Waals surface area (Å²) in [5, 5.41) is 4.06. The van der Waals surface area contributed by atoms with Gasteiger partial charge in [0.15, 0.2) is 6.10 Å². The molecule has 2 aliphatic rings. The smallest absolute Gasteiger partial charge is 0.261 e. The zero-order valence-electron chi connectivity index (χ0n) is 16.0. The van der Waals surface area contributed by atoms with E-state index in [2.05, 4.69) is 5.32 Å². The van der Waals surface area contributed by atoms with Gasteiger partial charge in [-0.3, -0.25) is 9.10 Å². The molecule has 1 fully saturated rings. The molecule has 1 aliphatic carbocycles. The molecule has 1 aromatic carbocycles. The molecule has 1 aliphatic heterocycles. The van der Waals surface area contributed by atoms with Crippen LogP contribution in [-0.4, -0.2) is 50.8 Å². The molecule has 1 atom stereocenters. The van der Waals surface area contributed by atoms with Gasteiger partial charge in [0.05, 0.1) is 11.9 Å². The van der Waals surface area contributed by atoms with Gasteiger partial charge in [0.25, 0.3) is 5.91 Å². The Bertz CT molecular complexity index is 797. The van der Waals surface area contributed by atoms with Crippen LogP contribution in [0, 0.1) is 0 Å². The largest absolute Gasteiger partial charge is 0.478 e. The van der Waals surface area contributed by atoms with Gasteiger partial charge in [-0.1, -0.05) is 30.9 Å². The second-order valence-corrected chi connectivity index (χ2v) is 11.0. The Morgan fingerprint density at radius 1 is 1.29 bits per heavy atom. The normalized spacial score (nSPS) is 20.8. The molecule has 0 unspecified atom stereocenters. The van der Waals surface area contributed by atoms with E-state index in [1.54, 1.807) is 18.2 Å². The van der Waals surface area contributed by atoms with E-state index >= 15 is 0 Å². The summed E-state index contributed by atoms with van der Waals surface area (Å²) in [4.78, 5) is 12.6. The van der Waals surface area contributed by atoms with E-state index in [1.165, 1.54) is 36.4 Å². The van der Waals surface area contributed by atoms with Crippen LogP contribution >= 0.6 is 23.4 Å². The highest BCUT2D eigenvalue weighted by molar-refractivity contribution is 7.99. The van der Waals surface area contributed by atoms with E-state index in [0.29, 0.717) is 28.3 Å². The van der Waals surface area contributed by atoms with Gasteiger partial charge in [0, 0.05) is 35.5 Å². The fraction of sp³-hybridized carbons (Fsp3) is 0.632. The fourth-order valence-corrected chi connectivity index (χ4v) is 5.95. The zero-order chi connectivity index (χ0) is 20.1. The van der Waals surface area contributed by atoms with Crippen molar-refractivity contribution in [2.45, 2.75) is 49.9 Å². The van der Waals surface area contributed by atoms with Crippen molar-refractivity contribution in [3.8, 4) is 5.75 Å². The van der Waals surface area contributed by atoms with E-state index < -0.39 is 16.1 Å². The molecular weight excluding hydrogens is 420 g/mol. The number of carbonyl (C=O) groups is 1. The third-order valence-electron chi connectivity index (χ3n) is 5.05. The van der Waals surface area contributed by atoms with Crippen LogP contribution < -0.4 is 14.4 Å². The lowest BCUT2D eigenvalue weighted by Gasteiger charge is -2.21. The quantitative estimate of drug-likeness (QED) is 0.677. The topological polar surface area (TPSA) is 75.7 Å². The monoisotopic (exact) mass is 446 g/mol. The van der Waals surface area contributed by atoms with Gasteiger partial charge in [0.2, 0.25) is 10.0 Å². The summed E-state index contributed by atoms with van der Waals surface area (Å²) >= 11 is 7.96. The van der Waals surface area contributed by atoms with Gasteiger partial charge in [-0.25, -0.2) is 8.42 Å². The Kier molecular flexibility index (Phi) is 7.39. The van der Waals surface area contributed by atoms with Gasteiger partial charge in [-0.15, -0.1) is 0 Å². The molecule has 1 aromatic rings. The number of halogens is 1. The summed E-state index contributed by atoms with van der Waals surface area (Å²) in [6.07, 6.45) is 7.17. The lowest BCUT2D eigenvalue weighted by Crippen LogP contribution is -2.40. The van der Waals surface area contributed by atoms with Crippen LogP contribution in [0.1, 0.15) is 38.5 Å². The maximum atomic E-state index is 12.6. The maximum absolute atomic E-state index is 12.6. The van der Waals surface area contributed by atoms with Crippen molar-refractivity contribution in [1.82, 2.24) is 5.32 Å². The maximum Gasteiger partial charge on any atom is 0.261 e. The molecule has 6 nitrogen and oxygen atoms in total. The number of carbonyl (C=O) groups excluding carboxylic acids is 1. The summed E-state index contributed by atoms with van der Waals surface area (Å²) < 4.78 is 31.5. The molecule has 0 saturated heterocycles. The van der Waals surface area contributed by atoms with Crippen LogP contribution in [0.25, 0.3) is 0 Å². The highest BCUT2D eigenvalue weighted by Gasteiger charge is 2.31. The summed E-state index contributed by atoms with van der Waals surface area (Å²) in [5.41, 5.74) is 0.373. The van der Waals surface area contributed by atoms with Gasteiger partial charge in [-0.05, 0) is 31.0 Å². The number of nitrogens with zero attached hydrogens (tertiary/aromatic N) is 1. The summed E-state index contributed by atoms with van der Waals surface area (Å²) in [6.45, 7) is 0.754. The van der Waals surface area contributed by atoms with Gasteiger partial charge in [0.1, 0.15) is 5.75 Å². The lowest BCUT2D eigenvalue weighted by molar-refractivity contribution is -0.127. The molecule has 9 heteroatoms. The fourth-order valence-electron chi connectivity index (χ4n) is 3.63. The minimum absolute atomic E-state index is 0.168. The highest BCUT2D eigenvalue weighted by Crippen LogP contribution is 2.36. The molecule has 0 bridgehead atoms. The third-order valence-corrected chi connectivity index (χ3v) is 7.85. The summed E-state index contributed by atoms with van der Waals surface area (Å²) in [5.74, 6) is 1.02. The van der Waals surface area contributed by atoms with Crippen molar-refractivity contribution in [3.05, 3.63) is 23.2 Å². The predicted octanol–water partition coefficient (Wildman–Crippen LogP) is 3.44. The van der Waals surface area contributed by atoms with Crippen molar-refractivity contribution in [2.24, 2.45) is 0 Å². The van der Waals surface area contributed by atoms with E-state index in [1.807, 2.05) is 11.8 Å². The number of amides is 1. The Morgan fingerprint density at radius 2 is 2.04 bits per heavy atom. The number of thioether (sulfide) groups is 1. The van der Waals surface area contributed by atoms with Crippen molar-refractivity contribution in [3.63, 3.8) is 0 Å². The van der Waals surface area contributed by atoms with Crippen molar-refractivity contribution in [1.29, 1.82) is 0 Å². The van der Waals surface area contributed by atoms with E-state index in [4.69, 9.17) is 16.3 Å². The number of ether oxygens (including phenoxy) is 1. The van der Waals surface area contributed by atoms with Crippen LogP contribution in [0.4, 0.5) is 5.69 Å². The molecule has 3 rings (SSSR count). The Labute approximate surface area is 176 Å². The number of benzene rings is 1. The predicted molar refractivity (Wildman–Crippen MR) is 115 cm³/mol. The van der Waals surface area contributed by atoms with Gasteiger partial charge < -0.3 is 10.1 Å². The molecule has 1 saturated carbocycles. The molecule has 1 N–H and O–H groups in total. The van der Waals surface area contributed by atoms with Gasteiger partial charge in [-0.2, -0.15) is 11.8 Å². The highest BCUT2D eigenvalue weighted by atomic mass is 35.5. The average Bonchev–Trinajstić information content (AvgIpc) is 2.85. The Balaban J connectivity index is 1.59. The first-order chi connectivity index (χ1) is 13.3. The molecule has 28 heavy (non-hydrogen) atoms. The number of hydrogen-bond donors (Lipinski definition) is 1. The van der Waals surface area contributed by atoms with E-state index in [-0.39, 0.29) is 18.9 Å². The Hall–Kier alpha value is -1.12. The van der Waals surface area contributed by atoms with Crippen LogP contribution in [0.2, 0.25) is 5.02 Å². The second-order valence-electron chi connectivity index (χ2n) is 7.26. The van der Waals surface area contributed by atoms with E-state index in [0.717, 1.165) is 12.0 Å². The first kappa shape index (κ1) is 21.6.